The second-order valence-corrected chi connectivity index (χ2v) is 4.61. The third-order valence-electron chi connectivity index (χ3n) is 2.74. The Balaban J connectivity index is 2.21. The van der Waals surface area contributed by atoms with E-state index in [1.54, 1.807) is 6.07 Å². The van der Waals surface area contributed by atoms with Gasteiger partial charge < -0.3 is 10.5 Å². The average Bonchev–Trinajstić information content (AvgIpc) is 2.38. The first-order valence-corrected chi connectivity index (χ1v) is 6.28. The zero-order valence-corrected chi connectivity index (χ0v) is 11.0. The molecule has 0 aliphatic heterocycles. The molecule has 0 aromatic heterocycles. The highest BCUT2D eigenvalue weighted by atomic mass is 35.5. The molecule has 4 heteroatoms. The minimum Gasteiger partial charge on any atom is -0.441 e. The number of carbonyl (C=O) groups is 1. The molecule has 2 rings (SSSR count). The molecule has 3 nitrogen and oxygen atoms in total. The van der Waals surface area contributed by atoms with Gasteiger partial charge in [0.05, 0.1) is 0 Å². The number of ether oxygens (including phenoxy) is 1. The predicted octanol–water partition coefficient (Wildman–Crippen LogP) is 3.72. The van der Waals surface area contributed by atoms with Gasteiger partial charge in [-0.15, -0.1) is 0 Å². The van der Waals surface area contributed by atoms with Crippen LogP contribution in [-0.2, 0) is 11.2 Å². The minimum atomic E-state index is -0.782. The Labute approximate surface area is 117 Å². The van der Waals surface area contributed by atoms with Gasteiger partial charge >= 0.3 is 6.09 Å². The number of nitrogens with two attached hydrogens (primary N) is 1. The summed E-state index contributed by atoms with van der Waals surface area (Å²) in [5, 5.41) is 0.656. The number of hydrogen-bond acceptors (Lipinski definition) is 2. The molecule has 98 valence electrons. The van der Waals surface area contributed by atoms with Gasteiger partial charge in [0, 0.05) is 11.4 Å². The maximum Gasteiger partial charge on any atom is 0.405 e. The molecule has 2 N–H and O–H groups in total. The van der Waals surface area contributed by atoms with E-state index in [2.05, 4.69) is 0 Å². The second-order valence-electron chi connectivity index (χ2n) is 4.17. The lowest BCUT2D eigenvalue weighted by Crippen LogP contribution is -2.19. The Bertz CT molecular complexity index is 557. The molecule has 0 aliphatic rings. The summed E-state index contributed by atoms with van der Waals surface area (Å²) in [4.78, 5) is 11.0. The summed E-state index contributed by atoms with van der Waals surface area (Å²) in [7, 11) is 0. The summed E-state index contributed by atoms with van der Waals surface area (Å²) < 4.78 is 5.18. The van der Waals surface area contributed by atoms with Crippen molar-refractivity contribution in [3.05, 3.63) is 70.7 Å². The minimum absolute atomic E-state index is 0.405. The molecule has 2 aromatic carbocycles. The fraction of sp³-hybridized carbons (Fsp3) is 0.133. The summed E-state index contributed by atoms with van der Waals surface area (Å²) in [6, 6.07) is 16.9. The summed E-state index contributed by atoms with van der Waals surface area (Å²) in [5.74, 6) is 0. The molecule has 1 unspecified atom stereocenters. The molecule has 1 amide bonds. The fourth-order valence-corrected chi connectivity index (χ4v) is 2.13. The highest BCUT2D eigenvalue weighted by Gasteiger charge is 2.15. The van der Waals surface area contributed by atoms with Crippen molar-refractivity contribution in [2.75, 3.05) is 0 Å². The van der Waals surface area contributed by atoms with Crippen molar-refractivity contribution in [1.82, 2.24) is 0 Å². The van der Waals surface area contributed by atoms with Crippen LogP contribution in [0.15, 0.2) is 54.6 Å². The van der Waals surface area contributed by atoms with Gasteiger partial charge in [-0.1, -0.05) is 54.1 Å². The van der Waals surface area contributed by atoms with E-state index in [1.807, 2.05) is 48.5 Å². The zero-order valence-electron chi connectivity index (χ0n) is 10.3. The Hall–Kier alpha value is -2.00. The number of primary amides is 1. The lowest BCUT2D eigenvalue weighted by Gasteiger charge is -2.17. The summed E-state index contributed by atoms with van der Waals surface area (Å²) in [6.07, 6.45) is -0.652. The van der Waals surface area contributed by atoms with Gasteiger partial charge in [-0.05, 0) is 23.3 Å². The van der Waals surface area contributed by atoms with Gasteiger partial charge in [-0.25, -0.2) is 4.79 Å². The van der Waals surface area contributed by atoms with Crippen molar-refractivity contribution in [2.45, 2.75) is 12.5 Å². The van der Waals surface area contributed by atoms with E-state index in [1.165, 1.54) is 0 Å². The third-order valence-corrected chi connectivity index (χ3v) is 2.97. The Morgan fingerprint density at radius 2 is 1.89 bits per heavy atom. The van der Waals surface area contributed by atoms with Gasteiger partial charge in [0.25, 0.3) is 0 Å². The number of amides is 1. The SMILES string of the molecule is NC(=O)OC(Cc1cccc(Cl)c1)c1ccccc1. The van der Waals surface area contributed by atoms with E-state index in [-0.39, 0.29) is 0 Å². The highest BCUT2D eigenvalue weighted by Crippen LogP contribution is 2.23. The first kappa shape index (κ1) is 13.4. The molecule has 0 radical (unpaired) electrons. The number of carbonyl (C=O) groups excluding carboxylic acids is 1. The molecular weight excluding hydrogens is 262 g/mol. The van der Waals surface area contributed by atoms with Crippen LogP contribution in [0.2, 0.25) is 5.02 Å². The smallest absolute Gasteiger partial charge is 0.405 e. The van der Waals surface area contributed by atoms with Crippen LogP contribution in [-0.4, -0.2) is 6.09 Å². The molecule has 0 aliphatic carbocycles. The Kier molecular flexibility index (Phi) is 4.42. The van der Waals surface area contributed by atoms with Crippen molar-refractivity contribution in [1.29, 1.82) is 0 Å². The lowest BCUT2D eigenvalue weighted by atomic mass is 10.0. The van der Waals surface area contributed by atoms with Crippen LogP contribution in [0.5, 0.6) is 0 Å². The Morgan fingerprint density at radius 3 is 2.53 bits per heavy atom. The lowest BCUT2D eigenvalue weighted by molar-refractivity contribution is 0.106. The molecule has 19 heavy (non-hydrogen) atoms. The highest BCUT2D eigenvalue weighted by molar-refractivity contribution is 6.30. The topological polar surface area (TPSA) is 52.3 Å². The van der Waals surface area contributed by atoms with Crippen LogP contribution in [0.1, 0.15) is 17.2 Å². The molecule has 0 fully saturated rings. The van der Waals surface area contributed by atoms with Gasteiger partial charge in [-0.2, -0.15) is 0 Å². The third kappa shape index (κ3) is 4.00. The summed E-state index contributed by atoms with van der Waals surface area (Å²) in [6.45, 7) is 0. The van der Waals surface area contributed by atoms with Crippen molar-refractivity contribution >= 4 is 17.7 Å². The number of halogens is 1. The van der Waals surface area contributed by atoms with E-state index in [0.29, 0.717) is 11.4 Å². The molecule has 2 aromatic rings. The zero-order chi connectivity index (χ0) is 13.7. The van der Waals surface area contributed by atoms with Crippen molar-refractivity contribution in [3.8, 4) is 0 Å². The molecule has 0 saturated heterocycles. The van der Waals surface area contributed by atoms with E-state index in [0.717, 1.165) is 11.1 Å². The molecule has 0 spiro atoms. The van der Waals surface area contributed by atoms with E-state index >= 15 is 0 Å². The van der Waals surface area contributed by atoms with Crippen LogP contribution < -0.4 is 5.73 Å². The molecule has 0 heterocycles. The van der Waals surface area contributed by atoms with Gasteiger partial charge in [0.2, 0.25) is 0 Å². The van der Waals surface area contributed by atoms with Gasteiger partial charge in [0.15, 0.2) is 0 Å². The van der Waals surface area contributed by atoms with Crippen LogP contribution in [0, 0.1) is 0 Å². The first-order chi connectivity index (χ1) is 9.15. The maximum atomic E-state index is 11.0. The number of hydrogen-bond donors (Lipinski definition) is 1. The van der Waals surface area contributed by atoms with Crippen LogP contribution >= 0.6 is 11.6 Å². The molecule has 0 saturated carbocycles. The normalized spacial score (nSPS) is 11.8. The molecular formula is C15H14ClNO2. The predicted molar refractivity (Wildman–Crippen MR) is 75.0 cm³/mol. The van der Waals surface area contributed by atoms with Crippen LogP contribution in [0.25, 0.3) is 0 Å². The van der Waals surface area contributed by atoms with Gasteiger partial charge in [0.1, 0.15) is 6.10 Å². The number of rotatable bonds is 4. The van der Waals surface area contributed by atoms with E-state index < -0.39 is 12.2 Å². The van der Waals surface area contributed by atoms with Crippen LogP contribution in [0.3, 0.4) is 0 Å². The average molecular weight is 276 g/mol. The molecule has 1 atom stereocenters. The standard InChI is InChI=1S/C15H14ClNO2/c16-13-8-4-5-11(9-13)10-14(19-15(17)18)12-6-2-1-3-7-12/h1-9,14H,10H2,(H2,17,18). The monoisotopic (exact) mass is 275 g/mol. The van der Waals surface area contributed by atoms with E-state index in [9.17, 15) is 4.79 Å². The van der Waals surface area contributed by atoms with Gasteiger partial charge in [-0.3, -0.25) is 0 Å². The number of benzene rings is 2. The Morgan fingerprint density at radius 1 is 1.16 bits per heavy atom. The molecule has 0 bridgehead atoms. The summed E-state index contributed by atoms with van der Waals surface area (Å²) >= 11 is 5.95. The van der Waals surface area contributed by atoms with E-state index in [4.69, 9.17) is 22.1 Å². The fourth-order valence-electron chi connectivity index (χ4n) is 1.91. The van der Waals surface area contributed by atoms with Crippen molar-refractivity contribution in [3.63, 3.8) is 0 Å². The van der Waals surface area contributed by atoms with Crippen molar-refractivity contribution < 1.29 is 9.53 Å². The van der Waals surface area contributed by atoms with Crippen molar-refractivity contribution in [2.24, 2.45) is 5.73 Å². The second kappa shape index (κ2) is 6.25. The van der Waals surface area contributed by atoms with Crippen LogP contribution in [0.4, 0.5) is 4.79 Å². The summed E-state index contributed by atoms with van der Waals surface area (Å²) in [5.41, 5.74) is 7.02. The maximum absolute atomic E-state index is 11.0. The largest absolute Gasteiger partial charge is 0.441 e. The first-order valence-electron chi connectivity index (χ1n) is 5.90. The quantitative estimate of drug-likeness (QED) is 0.924.